The van der Waals surface area contributed by atoms with E-state index in [0.717, 1.165) is 24.0 Å². The molecule has 4 nitrogen and oxygen atoms in total. The number of nitriles is 1. The molecule has 100 valence electrons. The highest BCUT2D eigenvalue weighted by atomic mass is 16.5. The molecule has 1 aliphatic carbocycles. The van der Waals surface area contributed by atoms with Gasteiger partial charge in [0.25, 0.3) is 0 Å². The quantitative estimate of drug-likeness (QED) is 0.665. The smallest absolute Gasteiger partial charge is 0.338 e. The molecule has 2 N–H and O–H groups in total. The van der Waals surface area contributed by atoms with E-state index in [1.165, 1.54) is 0 Å². The first-order chi connectivity index (χ1) is 8.97. The van der Waals surface area contributed by atoms with Crippen molar-refractivity contribution in [2.24, 2.45) is 5.41 Å². The lowest BCUT2D eigenvalue weighted by atomic mass is 10.0. The van der Waals surface area contributed by atoms with Gasteiger partial charge in [-0.3, -0.25) is 0 Å². The Morgan fingerprint density at radius 3 is 2.68 bits per heavy atom. The minimum absolute atomic E-state index is 0.0887. The Kier molecular flexibility index (Phi) is 3.48. The molecule has 1 aromatic carbocycles. The molecule has 0 unspecified atom stereocenters. The molecule has 1 aliphatic rings. The molecule has 2 rings (SSSR count). The van der Waals surface area contributed by atoms with Gasteiger partial charge in [-0.15, -0.1) is 0 Å². The van der Waals surface area contributed by atoms with Crippen molar-refractivity contribution < 1.29 is 9.53 Å². The normalized spacial score (nSPS) is 15.6. The van der Waals surface area contributed by atoms with Gasteiger partial charge >= 0.3 is 5.97 Å². The van der Waals surface area contributed by atoms with E-state index in [0.29, 0.717) is 24.3 Å². The van der Waals surface area contributed by atoms with Crippen LogP contribution in [0.1, 0.15) is 40.7 Å². The van der Waals surface area contributed by atoms with Gasteiger partial charge in [-0.1, -0.05) is 6.07 Å². The van der Waals surface area contributed by atoms with E-state index in [-0.39, 0.29) is 11.4 Å². The van der Waals surface area contributed by atoms with Crippen molar-refractivity contribution in [1.29, 1.82) is 5.26 Å². The van der Waals surface area contributed by atoms with Gasteiger partial charge in [0.15, 0.2) is 0 Å². The number of hydrogen-bond acceptors (Lipinski definition) is 4. The average molecular weight is 258 g/mol. The molecule has 0 radical (unpaired) electrons. The second-order valence-electron chi connectivity index (χ2n) is 5.43. The maximum absolute atomic E-state index is 12.0. The number of nitrogens with zero attached hydrogens (tertiary/aromatic N) is 1. The van der Waals surface area contributed by atoms with Gasteiger partial charge in [0.05, 0.1) is 18.2 Å². The highest BCUT2D eigenvalue weighted by Gasteiger charge is 2.43. The van der Waals surface area contributed by atoms with Crippen molar-refractivity contribution in [2.45, 2.75) is 33.1 Å². The van der Waals surface area contributed by atoms with E-state index < -0.39 is 0 Å². The third-order valence-corrected chi connectivity index (χ3v) is 3.75. The standard InChI is InChI=1S/C15H18N2O2/c1-10-7-11(2)13(17)8-12(10)14(18)19-9-15(3-4-15)5-6-16/h7-8H,3-5,9,17H2,1-2H3. The number of nitrogen functional groups attached to an aromatic ring is 1. The Hall–Kier alpha value is -2.02. The third kappa shape index (κ3) is 2.87. The maximum Gasteiger partial charge on any atom is 0.338 e. The van der Waals surface area contributed by atoms with E-state index >= 15 is 0 Å². The number of rotatable bonds is 4. The van der Waals surface area contributed by atoms with E-state index in [9.17, 15) is 4.79 Å². The van der Waals surface area contributed by atoms with Gasteiger partial charge < -0.3 is 10.5 Å². The molecule has 4 heteroatoms. The minimum atomic E-state index is -0.353. The predicted molar refractivity (Wildman–Crippen MR) is 72.5 cm³/mol. The van der Waals surface area contributed by atoms with Crippen LogP contribution in [0.2, 0.25) is 0 Å². The second-order valence-corrected chi connectivity index (χ2v) is 5.43. The Balaban J connectivity index is 2.05. The fourth-order valence-electron chi connectivity index (χ4n) is 2.10. The predicted octanol–water partition coefficient (Wildman–Crippen LogP) is 2.74. The highest BCUT2D eigenvalue weighted by Crippen LogP contribution is 2.48. The Labute approximate surface area is 113 Å². The highest BCUT2D eigenvalue weighted by molar-refractivity contribution is 5.92. The first-order valence-corrected chi connectivity index (χ1v) is 6.38. The van der Waals surface area contributed by atoms with Crippen molar-refractivity contribution in [3.63, 3.8) is 0 Å². The summed E-state index contributed by atoms with van der Waals surface area (Å²) < 4.78 is 5.34. The number of aryl methyl sites for hydroxylation is 2. The molecular weight excluding hydrogens is 240 g/mol. The summed E-state index contributed by atoms with van der Waals surface area (Å²) in [6, 6.07) is 5.70. The van der Waals surface area contributed by atoms with Gasteiger partial charge in [-0.25, -0.2) is 4.79 Å². The largest absolute Gasteiger partial charge is 0.461 e. The minimum Gasteiger partial charge on any atom is -0.461 e. The number of carbonyl (C=O) groups excluding carboxylic acids is 1. The fourth-order valence-corrected chi connectivity index (χ4v) is 2.10. The zero-order chi connectivity index (χ0) is 14.0. The van der Waals surface area contributed by atoms with E-state index in [4.69, 9.17) is 15.7 Å². The van der Waals surface area contributed by atoms with Crippen LogP contribution in [0, 0.1) is 30.6 Å². The molecule has 0 spiro atoms. The number of carbonyl (C=O) groups is 1. The molecule has 1 aromatic rings. The van der Waals surface area contributed by atoms with E-state index in [1.807, 2.05) is 19.9 Å². The van der Waals surface area contributed by atoms with Crippen molar-refractivity contribution >= 4 is 11.7 Å². The lowest BCUT2D eigenvalue weighted by Crippen LogP contribution is -2.16. The number of nitrogens with two attached hydrogens (primary N) is 1. The number of benzene rings is 1. The van der Waals surface area contributed by atoms with Crippen LogP contribution >= 0.6 is 0 Å². The van der Waals surface area contributed by atoms with Crippen LogP contribution in [0.5, 0.6) is 0 Å². The molecule has 1 saturated carbocycles. The topological polar surface area (TPSA) is 76.1 Å². The zero-order valence-electron chi connectivity index (χ0n) is 11.3. The summed E-state index contributed by atoms with van der Waals surface area (Å²) in [7, 11) is 0. The van der Waals surface area contributed by atoms with Crippen molar-refractivity contribution in [3.8, 4) is 6.07 Å². The monoisotopic (exact) mass is 258 g/mol. The van der Waals surface area contributed by atoms with Gasteiger partial charge in [0.1, 0.15) is 0 Å². The van der Waals surface area contributed by atoms with Gasteiger partial charge in [0, 0.05) is 17.5 Å². The van der Waals surface area contributed by atoms with Crippen molar-refractivity contribution in [3.05, 3.63) is 28.8 Å². The van der Waals surface area contributed by atoms with E-state index in [2.05, 4.69) is 6.07 Å². The van der Waals surface area contributed by atoms with Gasteiger partial charge in [0.2, 0.25) is 0 Å². The maximum atomic E-state index is 12.0. The molecular formula is C15H18N2O2. The Morgan fingerprint density at radius 1 is 1.42 bits per heavy atom. The molecule has 0 bridgehead atoms. The fraction of sp³-hybridized carbons (Fsp3) is 0.467. The Bertz CT molecular complexity index is 554. The van der Waals surface area contributed by atoms with Crippen LogP contribution in [0.4, 0.5) is 5.69 Å². The third-order valence-electron chi connectivity index (χ3n) is 3.75. The van der Waals surface area contributed by atoms with Gasteiger partial charge in [-0.05, 0) is 43.9 Å². The van der Waals surface area contributed by atoms with Crippen LogP contribution < -0.4 is 5.73 Å². The summed E-state index contributed by atoms with van der Waals surface area (Å²) in [5.41, 5.74) is 8.65. The average Bonchev–Trinajstić information content (AvgIpc) is 3.12. The lowest BCUT2D eigenvalue weighted by molar-refractivity contribution is 0.0418. The molecule has 0 heterocycles. The molecule has 0 atom stereocenters. The van der Waals surface area contributed by atoms with Crippen LogP contribution in [0.15, 0.2) is 12.1 Å². The SMILES string of the molecule is Cc1cc(C)c(C(=O)OCC2(CC#N)CC2)cc1N. The zero-order valence-corrected chi connectivity index (χ0v) is 11.3. The van der Waals surface area contributed by atoms with Crippen LogP contribution in [-0.2, 0) is 4.74 Å². The summed E-state index contributed by atoms with van der Waals surface area (Å²) >= 11 is 0. The molecule has 19 heavy (non-hydrogen) atoms. The number of anilines is 1. The Morgan fingerprint density at radius 2 is 2.11 bits per heavy atom. The first kappa shape index (κ1) is 13.4. The number of ether oxygens (including phenoxy) is 1. The van der Waals surface area contributed by atoms with Gasteiger partial charge in [-0.2, -0.15) is 5.26 Å². The first-order valence-electron chi connectivity index (χ1n) is 6.38. The van der Waals surface area contributed by atoms with Crippen molar-refractivity contribution in [1.82, 2.24) is 0 Å². The lowest BCUT2D eigenvalue weighted by Gasteiger charge is -2.13. The molecule has 0 saturated heterocycles. The number of hydrogen-bond donors (Lipinski definition) is 1. The van der Waals surface area contributed by atoms with Crippen LogP contribution in [0.3, 0.4) is 0 Å². The molecule has 0 aromatic heterocycles. The summed E-state index contributed by atoms with van der Waals surface area (Å²) in [6.07, 6.45) is 2.38. The summed E-state index contributed by atoms with van der Waals surface area (Å²) in [5.74, 6) is -0.353. The molecule has 0 aliphatic heterocycles. The van der Waals surface area contributed by atoms with Crippen LogP contribution in [0.25, 0.3) is 0 Å². The molecule has 0 amide bonds. The summed E-state index contributed by atoms with van der Waals surface area (Å²) in [5, 5.41) is 8.73. The van der Waals surface area contributed by atoms with E-state index in [1.54, 1.807) is 6.07 Å². The second kappa shape index (κ2) is 4.93. The summed E-state index contributed by atoms with van der Waals surface area (Å²) in [4.78, 5) is 12.0. The number of esters is 1. The molecule has 1 fully saturated rings. The van der Waals surface area contributed by atoms with Crippen molar-refractivity contribution in [2.75, 3.05) is 12.3 Å². The van der Waals surface area contributed by atoms with Crippen LogP contribution in [-0.4, -0.2) is 12.6 Å². The summed E-state index contributed by atoms with van der Waals surface area (Å²) in [6.45, 7) is 4.10.